The lowest BCUT2D eigenvalue weighted by Gasteiger charge is -2.32. The van der Waals surface area contributed by atoms with Crippen LogP contribution in [0.5, 0.6) is 11.5 Å². The molecule has 3 aromatic rings. The van der Waals surface area contributed by atoms with E-state index < -0.39 is 5.97 Å². The molecule has 1 aliphatic heterocycles. The third kappa shape index (κ3) is 5.95. The largest absolute Gasteiger partial charge is 0.497 e. The van der Waals surface area contributed by atoms with Gasteiger partial charge in [-0.25, -0.2) is 4.79 Å². The van der Waals surface area contributed by atoms with E-state index in [0.717, 1.165) is 17.0 Å². The summed E-state index contributed by atoms with van der Waals surface area (Å²) in [5, 5.41) is 5.21. The van der Waals surface area contributed by atoms with E-state index in [4.69, 9.17) is 25.8 Å². The van der Waals surface area contributed by atoms with Crippen molar-refractivity contribution in [3.63, 3.8) is 0 Å². The lowest BCUT2D eigenvalue weighted by Crippen LogP contribution is -2.41. The molecule has 0 spiro atoms. The molecule has 0 saturated carbocycles. The maximum Gasteiger partial charge on any atom is 0.358 e. The number of carbonyl (C=O) groups excluding carboxylic acids is 2. The van der Waals surface area contributed by atoms with Gasteiger partial charge in [0, 0.05) is 23.7 Å². The standard InChI is InChI=1S/C26H28ClN3O5/c1-3-34-26(32)23-16-24(18-4-8-21(33-2)9-5-18)30(28-23)20-12-14-29(15-13-20)25(31)17-35-22-10-6-19(27)7-11-22/h4-11,16,20H,3,12-15,17H2,1-2H3. The highest BCUT2D eigenvalue weighted by Crippen LogP contribution is 2.31. The molecule has 1 aromatic heterocycles. The summed E-state index contributed by atoms with van der Waals surface area (Å²) in [7, 11) is 1.62. The Labute approximate surface area is 209 Å². The second-order valence-corrected chi connectivity index (χ2v) is 8.60. The molecule has 35 heavy (non-hydrogen) atoms. The fourth-order valence-corrected chi connectivity index (χ4v) is 4.21. The Balaban J connectivity index is 1.45. The minimum absolute atomic E-state index is 0.0296. The smallest absolute Gasteiger partial charge is 0.358 e. The molecule has 0 N–H and O–H groups in total. The van der Waals surface area contributed by atoms with E-state index in [9.17, 15) is 9.59 Å². The maximum atomic E-state index is 12.7. The number of likely N-dealkylation sites (tertiary alicyclic amines) is 1. The quantitative estimate of drug-likeness (QED) is 0.422. The van der Waals surface area contributed by atoms with Crippen LogP contribution in [-0.2, 0) is 9.53 Å². The number of halogens is 1. The van der Waals surface area contributed by atoms with Crippen LogP contribution >= 0.6 is 11.6 Å². The van der Waals surface area contributed by atoms with Crippen molar-refractivity contribution in [2.24, 2.45) is 0 Å². The molecular weight excluding hydrogens is 470 g/mol. The fraction of sp³-hybridized carbons (Fsp3) is 0.346. The molecule has 0 bridgehead atoms. The van der Waals surface area contributed by atoms with E-state index in [1.54, 1.807) is 49.3 Å². The van der Waals surface area contributed by atoms with Gasteiger partial charge in [-0.15, -0.1) is 0 Å². The fourth-order valence-electron chi connectivity index (χ4n) is 4.08. The average molecular weight is 498 g/mol. The Hall–Kier alpha value is -3.52. The van der Waals surface area contributed by atoms with Crippen molar-refractivity contribution < 1.29 is 23.8 Å². The number of esters is 1. The molecule has 1 saturated heterocycles. The summed E-state index contributed by atoms with van der Waals surface area (Å²) >= 11 is 5.89. The van der Waals surface area contributed by atoms with Gasteiger partial charge in [-0.3, -0.25) is 9.48 Å². The van der Waals surface area contributed by atoms with E-state index >= 15 is 0 Å². The van der Waals surface area contributed by atoms with Crippen molar-refractivity contribution >= 4 is 23.5 Å². The van der Waals surface area contributed by atoms with Crippen molar-refractivity contribution in [2.75, 3.05) is 33.4 Å². The summed E-state index contributed by atoms with van der Waals surface area (Å²) in [5.74, 6) is 0.831. The number of rotatable bonds is 8. The molecule has 9 heteroatoms. The number of hydrogen-bond donors (Lipinski definition) is 0. The first-order chi connectivity index (χ1) is 17.0. The molecule has 0 radical (unpaired) electrons. The normalized spacial score (nSPS) is 14.0. The third-order valence-corrected chi connectivity index (χ3v) is 6.20. The highest BCUT2D eigenvalue weighted by Gasteiger charge is 2.28. The minimum atomic E-state index is -0.451. The lowest BCUT2D eigenvalue weighted by atomic mass is 10.0. The van der Waals surface area contributed by atoms with Crippen LogP contribution in [0.15, 0.2) is 54.6 Å². The molecule has 0 atom stereocenters. The van der Waals surface area contributed by atoms with Crippen LogP contribution in [0.3, 0.4) is 0 Å². The third-order valence-electron chi connectivity index (χ3n) is 5.95. The zero-order valence-corrected chi connectivity index (χ0v) is 20.5. The average Bonchev–Trinajstić information content (AvgIpc) is 3.34. The number of methoxy groups -OCH3 is 1. The summed E-state index contributed by atoms with van der Waals surface area (Å²) in [6.07, 6.45) is 1.42. The van der Waals surface area contributed by atoms with Gasteiger partial charge in [-0.05, 0) is 74.4 Å². The molecule has 1 amide bonds. The molecule has 0 aliphatic carbocycles. The Kier molecular flexibility index (Phi) is 7.92. The topological polar surface area (TPSA) is 82.9 Å². The molecule has 184 valence electrons. The summed E-state index contributed by atoms with van der Waals surface area (Å²) in [5.41, 5.74) is 2.02. The van der Waals surface area contributed by atoms with Gasteiger partial charge < -0.3 is 19.1 Å². The van der Waals surface area contributed by atoms with Crippen molar-refractivity contribution in [3.8, 4) is 22.8 Å². The highest BCUT2D eigenvalue weighted by molar-refractivity contribution is 6.30. The van der Waals surface area contributed by atoms with Crippen LogP contribution in [0, 0.1) is 0 Å². The summed E-state index contributed by atoms with van der Waals surface area (Å²) in [6, 6.07) is 16.3. The summed E-state index contributed by atoms with van der Waals surface area (Å²) < 4.78 is 17.9. The number of nitrogens with zero attached hydrogens (tertiary/aromatic N) is 3. The van der Waals surface area contributed by atoms with Crippen molar-refractivity contribution in [1.29, 1.82) is 0 Å². The Morgan fingerprint density at radius 1 is 1.03 bits per heavy atom. The van der Waals surface area contributed by atoms with Gasteiger partial charge in [0.1, 0.15) is 11.5 Å². The molecular formula is C26H28ClN3O5. The number of benzene rings is 2. The molecule has 1 aliphatic rings. The summed E-state index contributed by atoms with van der Waals surface area (Å²) in [6.45, 7) is 3.16. The van der Waals surface area contributed by atoms with Crippen LogP contribution in [0.1, 0.15) is 36.3 Å². The molecule has 4 rings (SSSR count). The molecule has 2 aromatic carbocycles. The van der Waals surface area contributed by atoms with Gasteiger partial charge in [0.15, 0.2) is 12.3 Å². The van der Waals surface area contributed by atoms with E-state index in [1.807, 2.05) is 28.9 Å². The minimum Gasteiger partial charge on any atom is -0.497 e. The number of piperidine rings is 1. The number of hydrogen-bond acceptors (Lipinski definition) is 6. The van der Waals surface area contributed by atoms with Gasteiger partial charge >= 0.3 is 5.97 Å². The zero-order valence-electron chi connectivity index (χ0n) is 19.8. The van der Waals surface area contributed by atoms with Gasteiger partial charge in [-0.1, -0.05) is 11.6 Å². The summed E-state index contributed by atoms with van der Waals surface area (Å²) in [4.78, 5) is 26.9. The van der Waals surface area contributed by atoms with Crippen molar-refractivity contribution in [2.45, 2.75) is 25.8 Å². The number of aromatic nitrogens is 2. The predicted molar refractivity (Wildman–Crippen MR) is 132 cm³/mol. The first-order valence-corrected chi connectivity index (χ1v) is 11.9. The van der Waals surface area contributed by atoms with Crippen molar-refractivity contribution in [3.05, 3.63) is 65.3 Å². The second kappa shape index (κ2) is 11.3. The van der Waals surface area contributed by atoms with Gasteiger partial charge in [0.05, 0.1) is 25.5 Å². The van der Waals surface area contributed by atoms with Crippen LogP contribution < -0.4 is 9.47 Å². The molecule has 0 unspecified atom stereocenters. The van der Waals surface area contributed by atoms with Gasteiger partial charge in [-0.2, -0.15) is 5.10 Å². The maximum absolute atomic E-state index is 12.7. The monoisotopic (exact) mass is 497 g/mol. The second-order valence-electron chi connectivity index (χ2n) is 8.16. The Morgan fingerprint density at radius 3 is 2.31 bits per heavy atom. The molecule has 8 nitrogen and oxygen atoms in total. The van der Waals surface area contributed by atoms with Crippen LogP contribution in [0.4, 0.5) is 0 Å². The van der Waals surface area contributed by atoms with Gasteiger partial charge in [0.25, 0.3) is 5.91 Å². The Morgan fingerprint density at radius 2 is 1.69 bits per heavy atom. The zero-order chi connectivity index (χ0) is 24.8. The molecule has 2 heterocycles. The SMILES string of the molecule is CCOC(=O)c1cc(-c2ccc(OC)cc2)n(C2CCN(C(=O)COc3ccc(Cl)cc3)CC2)n1. The van der Waals surface area contributed by atoms with E-state index in [0.29, 0.717) is 36.7 Å². The van der Waals surface area contributed by atoms with E-state index in [2.05, 4.69) is 5.10 Å². The van der Waals surface area contributed by atoms with Gasteiger partial charge in [0.2, 0.25) is 0 Å². The number of amides is 1. The van der Waals surface area contributed by atoms with Crippen LogP contribution in [-0.4, -0.2) is 60.0 Å². The first kappa shape index (κ1) is 24.6. The Bertz CT molecular complexity index is 1150. The first-order valence-electron chi connectivity index (χ1n) is 11.6. The van der Waals surface area contributed by atoms with E-state index in [-0.39, 0.29) is 30.9 Å². The number of ether oxygens (including phenoxy) is 3. The molecule has 1 fully saturated rings. The number of carbonyl (C=O) groups is 2. The van der Waals surface area contributed by atoms with E-state index in [1.165, 1.54) is 0 Å². The van der Waals surface area contributed by atoms with Crippen LogP contribution in [0.25, 0.3) is 11.3 Å². The van der Waals surface area contributed by atoms with Crippen LogP contribution in [0.2, 0.25) is 5.02 Å². The van der Waals surface area contributed by atoms with Crippen molar-refractivity contribution in [1.82, 2.24) is 14.7 Å². The lowest BCUT2D eigenvalue weighted by molar-refractivity contribution is -0.134. The predicted octanol–water partition coefficient (Wildman–Crippen LogP) is 4.63. The highest BCUT2D eigenvalue weighted by atomic mass is 35.5.